The number of piperidine rings is 1. The average Bonchev–Trinajstić information content (AvgIpc) is 2.64. The first-order valence-corrected chi connectivity index (χ1v) is 8.86. The van der Waals surface area contributed by atoms with Crippen LogP contribution in [-0.2, 0) is 4.79 Å². The van der Waals surface area contributed by atoms with Crippen molar-refractivity contribution in [1.29, 1.82) is 0 Å². The summed E-state index contributed by atoms with van der Waals surface area (Å²) in [4.78, 5) is 26.5. The van der Waals surface area contributed by atoms with E-state index >= 15 is 0 Å². The van der Waals surface area contributed by atoms with E-state index in [9.17, 15) is 9.59 Å². The number of methoxy groups -OCH3 is 1. The van der Waals surface area contributed by atoms with Gasteiger partial charge in [-0.15, -0.1) is 0 Å². The molecule has 0 atom stereocenters. The molecule has 0 saturated carbocycles. The maximum absolute atomic E-state index is 12.5. The average molecular weight is 332 g/mol. The van der Waals surface area contributed by atoms with Crippen molar-refractivity contribution in [3.8, 4) is 5.75 Å². The first-order valence-electron chi connectivity index (χ1n) is 8.86. The van der Waals surface area contributed by atoms with E-state index in [1.54, 1.807) is 31.4 Å². The van der Waals surface area contributed by atoms with Crippen LogP contribution in [0.5, 0.6) is 5.75 Å². The number of carbonyl (C=O) groups excluding carboxylic acids is 2. The lowest BCUT2D eigenvalue weighted by Crippen LogP contribution is -2.43. The highest BCUT2D eigenvalue weighted by Gasteiger charge is 2.27. The Morgan fingerprint density at radius 3 is 2.42 bits per heavy atom. The standard InChI is InChI=1S/C19H28N2O3/c1-3-4-5-12-20-18(22)15-10-13-21(14-11-15)19(23)16-6-8-17(24-2)9-7-16/h6-9,15H,3-5,10-14H2,1-2H3,(H,20,22). The summed E-state index contributed by atoms with van der Waals surface area (Å²) in [5.74, 6) is 0.943. The molecule has 1 N–H and O–H groups in total. The van der Waals surface area contributed by atoms with Gasteiger partial charge in [-0.25, -0.2) is 0 Å². The van der Waals surface area contributed by atoms with Gasteiger partial charge in [0.05, 0.1) is 7.11 Å². The van der Waals surface area contributed by atoms with Crippen LogP contribution >= 0.6 is 0 Å². The molecule has 2 rings (SSSR count). The van der Waals surface area contributed by atoms with Gasteiger partial charge < -0.3 is 15.0 Å². The molecule has 1 aromatic carbocycles. The summed E-state index contributed by atoms with van der Waals surface area (Å²) in [7, 11) is 1.61. The van der Waals surface area contributed by atoms with Gasteiger partial charge in [0.1, 0.15) is 5.75 Å². The second-order valence-electron chi connectivity index (χ2n) is 6.29. The predicted molar refractivity (Wildman–Crippen MR) is 94.2 cm³/mol. The van der Waals surface area contributed by atoms with Crippen molar-refractivity contribution in [3.05, 3.63) is 29.8 Å². The van der Waals surface area contributed by atoms with Crippen LogP contribution in [0.4, 0.5) is 0 Å². The first-order chi connectivity index (χ1) is 11.7. The summed E-state index contributed by atoms with van der Waals surface area (Å²) in [6, 6.07) is 7.16. The van der Waals surface area contributed by atoms with Gasteiger partial charge in [0.15, 0.2) is 0 Å². The van der Waals surface area contributed by atoms with Crippen molar-refractivity contribution in [3.63, 3.8) is 0 Å². The number of nitrogens with one attached hydrogen (secondary N) is 1. The normalized spacial score (nSPS) is 15.2. The number of ether oxygens (including phenoxy) is 1. The zero-order chi connectivity index (χ0) is 17.4. The Balaban J connectivity index is 1.78. The number of hydrogen-bond acceptors (Lipinski definition) is 3. The van der Waals surface area contributed by atoms with Crippen LogP contribution in [-0.4, -0.2) is 43.5 Å². The maximum atomic E-state index is 12.5. The van der Waals surface area contributed by atoms with E-state index in [0.717, 1.165) is 44.4 Å². The number of nitrogens with zero attached hydrogens (tertiary/aromatic N) is 1. The van der Waals surface area contributed by atoms with Crippen LogP contribution in [0.15, 0.2) is 24.3 Å². The minimum atomic E-state index is 0.0273. The Labute approximate surface area is 144 Å². The Morgan fingerprint density at radius 2 is 1.83 bits per heavy atom. The van der Waals surface area contributed by atoms with E-state index in [-0.39, 0.29) is 17.7 Å². The summed E-state index contributed by atoms with van der Waals surface area (Å²) in [6.45, 7) is 4.19. The van der Waals surface area contributed by atoms with Crippen molar-refractivity contribution in [2.75, 3.05) is 26.7 Å². The number of hydrogen-bond donors (Lipinski definition) is 1. The van der Waals surface area contributed by atoms with Gasteiger partial charge in [0, 0.05) is 31.1 Å². The van der Waals surface area contributed by atoms with E-state index in [4.69, 9.17) is 4.74 Å². The molecule has 5 nitrogen and oxygen atoms in total. The Morgan fingerprint density at radius 1 is 1.17 bits per heavy atom. The minimum absolute atomic E-state index is 0.0273. The maximum Gasteiger partial charge on any atom is 0.253 e. The van der Waals surface area contributed by atoms with Gasteiger partial charge in [-0.1, -0.05) is 19.8 Å². The predicted octanol–water partition coefficient (Wildman–Crippen LogP) is 2.85. The zero-order valence-corrected chi connectivity index (χ0v) is 14.7. The lowest BCUT2D eigenvalue weighted by molar-refractivity contribution is -0.126. The van der Waals surface area contributed by atoms with Crippen LogP contribution in [0.2, 0.25) is 0 Å². The molecule has 5 heteroatoms. The fourth-order valence-corrected chi connectivity index (χ4v) is 2.99. The van der Waals surface area contributed by atoms with Crippen LogP contribution < -0.4 is 10.1 Å². The Kier molecular flexibility index (Phi) is 7.09. The number of rotatable bonds is 7. The second kappa shape index (κ2) is 9.30. The molecule has 1 fully saturated rings. The lowest BCUT2D eigenvalue weighted by Gasteiger charge is -2.31. The van der Waals surface area contributed by atoms with Crippen molar-refractivity contribution in [2.24, 2.45) is 5.92 Å². The number of unbranched alkanes of at least 4 members (excludes halogenated alkanes) is 2. The molecule has 1 aliphatic heterocycles. The molecule has 1 saturated heterocycles. The summed E-state index contributed by atoms with van der Waals surface area (Å²) >= 11 is 0. The molecule has 0 radical (unpaired) electrons. The molecule has 0 spiro atoms. The fourth-order valence-electron chi connectivity index (χ4n) is 2.99. The first kappa shape index (κ1) is 18.3. The van der Waals surface area contributed by atoms with Gasteiger partial charge in [-0.2, -0.15) is 0 Å². The molecule has 1 aromatic rings. The van der Waals surface area contributed by atoms with Crippen molar-refractivity contribution in [2.45, 2.75) is 39.0 Å². The van der Waals surface area contributed by atoms with Gasteiger partial charge >= 0.3 is 0 Å². The smallest absolute Gasteiger partial charge is 0.253 e. The molecular formula is C19H28N2O3. The molecular weight excluding hydrogens is 304 g/mol. The van der Waals surface area contributed by atoms with Gasteiger partial charge in [0.25, 0.3) is 5.91 Å². The number of benzene rings is 1. The molecule has 1 aliphatic rings. The van der Waals surface area contributed by atoms with Crippen LogP contribution in [0.3, 0.4) is 0 Å². The molecule has 0 unspecified atom stereocenters. The number of carbonyl (C=O) groups is 2. The SMILES string of the molecule is CCCCCNC(=O)C1CCN(C(=O)c2ccc(OC)cc2)CC1. The summed E-state index contributed by atoms with van der Waals surface area (Å²) in [6.07, 6.45) is 4.82. The summed E-state index contributed by atoms with van der Waals surface area (Å²) < 4.78 is 5.11. The van der Waals surface area contributed by atoms with Crippen molar-refractivity contribution in [1.82, 2.24) is 10.2 Å². The quantitative estimate of drug-likeness (QED) is 0.781. The van der Waals surface area contributed by atoms with E-state index in [1.165, 1.54) is 0 Å². The van der Waals surface area contributed by atoms with Gasteiger partial charge in [-0.3, -0.25) is 9.59 Å². The van der Waals surface area contributed by atoms with Gasteiger partial charge in [-0.05, 0) is 43.5 Å². The van der Waals surface area contributed by atoms with Crippen LogP contribution in [0, 0.1) is 5.92 Å². The lowest BCUT2D eigenvalue weighted by atomic mass is 9.95. The Hall–Kier alpha value is -2.04. The largest absolute Gasteiger partial charge is 0.497 e. The molecule has 1 heterocycles. The van der Waals surface area contributed by atoms with E-state index < -0.39 is 0 Å². The molecule has 132 valence electrons. The van der Waals surface area contributed by atoms with Gasteiger partial charge in [0.2, 0.25) is 5.91 Å². The molecule has 0 aliphatic carbocycles. The molecule has 2 amide bonds. The summed E-state index contributed by atoms with van der Waals surface area (Å²) in [5.41, 5.74) is 0.665. The fraction of sp³-hybridized carbons (Fsp3) is 0.579. The third-order valence-corrected chi connectivity index (χ3v) is 4.57. The number of amides is 2. The third kappa shape index (κ3) is 4.98. The highest BCUT2D eigenvalue weighted by Crippen LogP contribution is 2.20. The molecule has 0 aromatic heterocycles. The van der Waals surface area contributed by atoms with Crippen molar-refractivity contribution >= 4 is 11.8 Å². The monoisotopic (exact) mass is 332 g/mol. The minimum Gasteiger partial charge on any atom is -0.497 e. The zero-order valence-electron chi connectivity index (χ0n) is 14.7. The molecule has 0 bridgehead atoms. The van der Waals surface area contributed by atoms with Crippen LogP contribution in [0.1, 0.15) is 49.4 Å². The van der Waals surface area contributed by atoms with Crippen molar-refractivity contribution < 1.29 is 14.3 Å². The van der Waals surface area contributed by atoms with Crippen LogP contribution in [0.25, 0.3) is 0 Å². The third-order valence-electron chi connectivity index (χ3n) is 4.57. The highest BCUT2D eigenvalue weighted by molar-refractivity contribution is 5.94. The van der Waals surface area contributed by atoms with E-state index in [1.807, 2.05) is 4.90 Å². The Bertz CT molecular complexity index is 534. The van der Waals surface area contributed by atoms with E-state index in [2.05, 4.69) is 12.2 Å². The highest BCUT2D eigenvalue weighted by atomic mass is 16.5. The van der Waals surface area contributed by atoms with E-state index in [0.29, 0.717) is 18.7 Å². The topological polar surface area (TPSA) is 58.6 Å². The number of likely N-dealkylation sites (tertiary alicyclic amines) is 1. The summed E-state index contributed by atoms with van der Waals surface area (Å²) in [5, 5.41) is 3.02. The molecule has 24 heavy (non-hydrogen) atoms. The second-order valence-corrected chi connectivity index (χ2v) is 6.29.